The molecule has 3 rings (SSSR count). The van der Waals surface area contributed by atoms with Crippen LogP contribution in [0.3, 0.4) is 0 Å². The van der Waals surface area contributed by atoms with Gasteiger partial charge in [-0.05, 0) is 42.0 Å². The van der Waals surface area contributed by atoms with Gasteiger partial charge in [-0.1, -0.05) is 35.3 Å². The first kappa shape index (κ1) is 15.3. The maximum Gasteiger partial charge on any atom is 0.259 e. The Balaban J connectivity index is 2.04. The first-order valence-electron chi connectivity index (χ1n) is 6.64. The van der Waals surface area contributed by atoms with Gasteiger partial charge in [-0.25, -0.2) is 4.98 Å². The van der Waals surface area contributed by atoms with Crippen LogP contribution in [0.15, 0.2) is 47.3 Å². The monoisotopic (exact) mass is 341 g/mol. The molecule has 3 aromatic rings. The lowest BCUT2D eigenvalue weighted by Crippen LogP contribution is -2.10. The van der Waals surface area contributed by atoms with Crippen LogP contribution in [-0.4, -0.2) is 9.97 Å². The zero-order valence-electron chi connectivity index (χ0n) is 11.7. The topological polar surface area (TPSA) is 69.5 Å². The van der Waals surface area contributed by atoms with Crippen molar-refractivity contribution in [3.63, 3.8) is 0 Å². The summed E-state index contributed by atoms with van der Waals surface area (Å²) in [5, 5.41) is 9.96. The summed E-state index contributed by atoms with van der Waals surface area (Å²) < 4.78 is 0. The number of hydrogen-bond donors (Lipinski definition) is 1. The predicted molar refractivity (Wildman–Crippen MR) is 92.3 cm³/mol. The molecule has 0 amide bonds. The molecule has 0 saturated carbocycles. The summed E-state index contributed by atoms with van der Waals surface area (Å²) in [6.45, 7) is 0. The van der Waals surface area contributed by atoms with E-state index in [1.807, 2.05) is 6.07 Å². The van der Waals surface area contributed by atoms with Crippen LogP contribution in [0.1, 0.15) is 17.0 Å². The number of benzene rings is 2. The highest BCUT2D eigenvalue weighted by Gasteiger charge is 2.07. The SMILES string of the molecule is N#Cc1ccc(/C=C(\Cl)c2nc3ccc(Cl)cc3c(=O)[nH]2)cc1. The standard InChI is InChI=1S/C17H9Cl2N3O/c18-12-5-6-15-13(8-12)17(23)22-16(21-15)14(19)7-10-1-3-11(9-20)4-2-10/h1-8H,(H,21,22,23)/b14-7-. The maximum atomic E-state index is 12.1. The average molecular weight is 342 g/mol. The molecule has 0 aliphatic rings. The quantitative estimate of drug-likeness (QED) is 0.759. The molecule has 4 nitrogen and oxygen atoms in total. The van der Waals surface area contributed by atoms with Crippen LogP contribution in [0.4, 0.5) is 0 Å². The number of H-pyrrole nitrogens is 1. The number of nitriles is 1. The lowest BCUT2D eigenvalue weighted by molar-refractivity contribution is 1.14. The molecule has 1 heterocycles. The van der Waals surface area contributed by atoms with E-state index in [0.717, 1.165) is 5.56 Å². The van der Waals surface area contributed by atoms with Crippen LogP contribution in [0.5, 0.6) is 0 Å². The average Bonchev–Trinajstić information content (AvgIpc) is 2.56. The second kappa shape index (κ2) is 6.25. The normalized spacial score (nSPS) is 11.4. The summed E-state index contributed by atoms with van der Waals surface area (Å²) >= 11 is 12.1. The lowest BCUT2D eigenvalue weighted by Gasteiger charge is -2.03. The van der Waals surface area contributed by atoms with Crippen molar-refractivity contribution in [2.75, 3.05) is 0 Å². The number of nitrogens with zero attached hydrogens (tertiary/aromatic N) is 2. The second-order valence-electron chi connectivity index (χ2n) is 4.80. The lowest BCUT2D eigenvalue weighted by atomic mass is 10.1. The number of aromatic amines is 1. The van der Waals surface area contributed by atoms with Gasteiger partial charge in [-0.3, -0.25) is 4.79 Å². The van der Waals surface area contributed by atoms with Gasteiger partial charge in [0.25, 0.3) is 5.56 Å². The summed E-state index contributed by atoms with van der Waals surface area (Å²) in [4.78, 5) is 19.1. The molecule has 0 unspecified atom stereocenters. The van der Waals surface area contributed by atoms with Crippen LogP contribution in [0.2, 0.25) is 5.02 Å². The molecule has 0 bridgehead atoms. The van der Waals surface area contributed by atoms with Gasteiger partial charge in [0.05, 0.1) is 27.6 Å². The molecule has 1 aromatic heterocycles. The minimum absolute atomic E-state index is 0.274. The fourth-order valence-electron chi connectivity index (χ4n) is 2.09. The summed E-state index contributed by atoms with van der Waals surface area (Å²) in [6.07, 6.45) is 1.67. The first-order valence-corrected chi connectivity index (χ1v) is 7.40. The highest BCUT2D eigenvalue weighted by Crippen LogP contribution is 2.21. The molecule has 0 fully saturated rings. The number of hydrogen-bond acceptors (Lipinski definition) is 3. The predicted octanol–water partition coefficient (Wildman–Crippen LogP) is 4.19. The number of aromatic nitrogens is 2. The number of fused-ring (bicyclic) bond motifs is 1. The van der Waals surface area contributed by atoms with Crippen molar-refractivity contribution in [3.8, 4) is 6.07 Å². The van der Waals surface area contributed by atoms with Gasteiger partial charge in [0.1, 0.15) is 0 Å². The zero-order chi connectivity index (χ0) is 16.4. The zero-order valence-corrected chi connectivity index (χ0v) is 13.2. The van der Waals surface area contributed by atoms with E-state index >= 15 is 0 Å². The van der Waals surface area contributed by atoms with Crippen LogP contribution in [0, 0.1) is 11.3 Å². The molecular formula is C17H9Cl2N3O. The molecule has 23 heavy (non-hydrogen) atoms. The van der Waals surface area contributed by atoms with Crippen LogP contribution in [0.25, 0.3) is 22.0 Å². The van der Waals surface area contributed by atoms with Crippen molar-refractivity contribution >= 4 is 45.2 Å². The van der Waals surface area contributed by atoms with Gasteiger partial charge in [0, 0.05) is 5.02 Å². The van der Waals surface area contributed by atoms with Gasteiger partial charge in [-0.2, -0.15) is 5.26 Å². The molecule has 6 heteroatoms. The van der Waals surface area contributed by atoms with Crippen LogP contribution < -0.4 is 5.56 Å². The molecule has 1 N–H and O–H groups in total. The highest BCUT2D eigenvalue weighted by atomic mass is 35.5. The van der Waals surface area contributed by atoms with Crippen LogP contribution in [-0.2, 0) is 0 Å². The van der Waals surface area contributed by atoms with E-state index in [1.165, 1.54) is 0 Å². The van der Waals surface area contributed by atoms with Gasteiger partial charge >= 0.3 is 0 Å². The Morgan fingerprint density at radius 2 is 1.96 bits per heavy atom. The number of halogens is 2. The Morgan fingerprint density at radius 1 is 1.22 bits per heavy atom. The van der Waals surface area contributed by atoms with Crippen molar-refractivity contribution < 1.29 is 0 Å². The Morgan fingerprint density at radius 3 is 2.65 bits per heavy atom. The van der Waals surface area contributed by atoms with E-state index in [-0.39, 0.29) is 11.4 Å². The molecule has 0 atom stereocenters. The van der Waals surface area contributed by atoms with E-state index in [0.29, 0.717) is 26.5 Å². The molecule has 2 aromatic carbocycles. The van der Waals surface area contributed by atoms with Gasteiger partial charge in [0.2, 0.25) is 0 Å². The molecule has 112 valence electrons. The van der Waals surface area contributed by atoms with Gasteiger partial charge < -0.3 is 4.98 Å². The largest absolute Gasteiger partial charge is 0.305 e. The minimum Gasteiger partial charge on any atom is -0.305 e. The van der Waals surface area contributed by atoms with Crippen LogP contribution >= 0.6 is 23.2 Å². The second-order valence-corrected chi connectivity index (χ2v) is 5.65. The van der Waals surface area contributed by atoms with Crippen molar-refractivity contribution in [1.29, 1.82) is 5.26 Å². The van der Waals surface area contributed by atoms with E-state index in [1.54, 1.807) is 48.5 Å². The fourth-order valence-corrected chi connectivity index (χ4v) is 2.48. The smallest absolute Gasteiger partial charge is 0.259 e. The third-order valence-corrected chi connectivity index (χ3v) is 3.75. The van der Waals surface area contributed by atoms with E-state index < -0.39 is 0 Å². The highest BCUT2D eigenvalue weighted by molar-refractivity contribution is 6.50. The van der Waals surface area contributed by atoms with E-state index in [4.69, 9.17) is 28.5 Å². The third-order valence-electron chi connectivity index (χ3n) is 3.23. The van der Waals surface area contributed by atoms with E-state index in [9.17, 15) is 4.79 Å². The minimum atomic E-state index is -0.307. The Labute approximate surface area is 141 Å². The Kier molecular flexibility index (Phi) is 4.16. The molecule has 0 aliphatic carbocycles. The summed E-state index contributed by atoms with van der Waals surface area (Å²) in [6, 6.07) is 13.8. The van der Waals surface area contributed by atoms with Crippen molar-refractivity contribution in [2.24, 2.45) is 0 Å². The summed E-state index contributed by atoms with van der Waals surface area (Å²) in [5.41, 5.74) is 1.57. The van der Waals surface area contributed by atoms with Crippen molar-refractivity contribution in [2.45, 2.75) is 0 Å². The fraction of sp³-hybridized carbons (Fsp3) is 0. The van der Waals surface area contributed by atoms with Gasteiger partial charge in [-0.15, -0.1) is 0 Å². The van der Waals surface area contributed by atoms with Gasteiger partial charge in [0.15, 0.2) is 5.82 Å². The number of rotatable bonds is 2. The Bertz CT molecular complexity index is 1010. The molecular weight excluding hydrogens is 333 g/mol. The molecule has 0 aliphatic heterocycles. The molecule has 0 spiro atoms. The van der Waals surface area contributed by atoms with Crippen molar-refractivity contribution in [1.82, 2.24) is 9.97 Å². The summed E-state index contributed by atoms with van der Waals surface area (Å²) in [5.74, 6) is 0.274. The van der Waals surface area contributed by atoms with Crippen molar-refractivity contribution in [3.05, 3.63) is 74.8 Å². The summed E-state index contributed by atoms with van der Waals surface area (Å²) in [7, 11) is 0. The van der Waals surface area contributed by atoms with E-state index in [2.05, 4.69) is 9.97 Å². The first-order chi connectivity index (χ1) is 11.1. The molecule has 0 radical (unpaired) electrons. The Hall–Kier alpha value is -2.61. The number of nitrogens with one attached hydrogen (secondary N) is 1. The molecule has 0 saturated heterocycles. The maximum absolute atomic E-state index is 12.1. The third kappa shape index (κ3) is 3.26.